The largest absolute Gasteiger partial charge is 0.322 e. The number of unbranched alkanes of at least 4 members (excludes halogenated alkanes) is 1. The molecule has 1 fully saturated rings. The van der Waals surface area contributed by atoms with Crippen molar-refractivity contribution in [2.24, 2.45) is 5.92 Å². The average molecular weight is 508 g/mol. The number of amides is 1. The summed E-state index contributed by atoms with van der Waals surface area (Å²) in [5.41, 5.74) is 0.862. The SMILES string of the molecule is CCCCC1CCN(S(=O)(=O)c2ccc(NC(=O)c3ccccc3N(C)S(C)(=O)=O)cc2)CC1. The van der Waals surface area contributed by atoms with E-state index in [0.29, 0.717) is 24.7 Å². The summed E-state index contributed by atoms with van der Waals surface area (Å²) in [6.07, 6.45) is 6.32. The van der Waals surface area contributed by atoms with Crippen LogP contribution in [0, 0.1) is 5.92 Å². The molecular weight excluding hydrogens is 474 g/mol. The Labute approximate surface area is 203 Å². The summed E-state index contributed by atoms with van der Waals surface area (Å²) in [5.74, 6) is 0.101. The minimum absolute atomic E-state index is 0.190. The monoisotopic (exact) mass is 507 g/mol. The molecule has 1 amide bonds. The van der Waals surface area contributed by atoms with Gasteiger partial charge in [0.05, 0.1) is 22.4 Å². The average Bonchev–Trinajstić information content (AvgIpc) is 2.82. The lowest BCUT2D eigenvalue weighted by atomic mass is 9.93. The fraction of sp³-hybridized carbons (Fsp3) is 0.458. The first-order chi connectivity index (χ1) is 16.0. The van der Waals surface area contributed by atoms with Gasteiger partial charge in [-0.2, -0.15) is 4.31 Å². The Morgan fingerprint density at radius 2 is 1.65 bits per heavy atom. The summed E-state index contributed by atoms with van der Waals surface area (Å²) in [6, 6.07) is 12.5. The maximum Gasteiger partial charge on any atom is 0.257 e. The van der Waals surface area contributed by atoms with Gasteiger partial charge in [0.15, 0.2) is 0 Å². The molecular formula is C24H33N3O5S2. The predicted molar refractivity (Wildman–Crippen MR) is 135 cm³/mol. The lowest BCUT2D eigenvalue weighted by Crippen LogP contribution is -2.38. The van der Waals surface area contributed by atoms with Crippen LogP contribution < -0.4 is 9.62 Å². The van der Waals surface area contributed by atoms with Gasteiger partial charge in [-0.1, -0.05) is 38.3 Å². The lowest BCUT2D eigenvalue weighted by Gasteiger charge is -2.31. The highest BCUT2D eigenvalue weighted by Gasteiger charge is 2.29. The third kappa shape index (κ3) is 6.17. The molecule has 0 radical (unpaired) electrons. The Hall–Kier alpha value is -2.43. The predicted octanol–water partition coefficient (Wildman–Crippen LogP) is 3.93. The normalized spacial score (nSPS) is 15.7. The minimum atomic E-state index is -3.59. The van der Waals surface area contributed by atoms with Crippen LogP contribution in [0.1, 0.15) is 49.4 Å². The molecule has 0 saturated carbocycles. The number of anilines is 2. The van der Waals surface area contributed by atoms with Gasteiger partial charge in [-0.15, -0.1) is 0 Å². The third-order valence-corrected chi connectivity index (χ3v) is 9.38. The van der Waals surface area contributed by atoms with Gasteiger partial charge in [-0.05, 0) is 55.2 Å². The van der Waals surface area contributed by atoms with Gasteiger partial charge in [0.25, 0.3) is 5.91 Å². The number of benzene rings is 2. The number of nitrogens with one attached hydrogen (secondary N) is 1. The van der Waals surface area contributed by atoms with Gasteiger partial charge in [-0.25, -0.2) is 16.8 Å². The van der Waals surface area contributed by atoms with E-state index in [0.717, 1.165) is 36.2 Å². The van der Waals surface area contributed by atoms with Crippen LogP contribution in [0.2, 0.25) is 0 Å². The molecule has 0 spiro atoms. The second-order valence-corrected chi connectivity index (χ2v) is 12.7. The first kappa shape index (κ1) is 26.2. The molecule has 8 nitrogen and oxygen atoms in total. The van der Waals surface area contributed by atoms with Crippen molar-refractivity contribution in [3.8, 4) is 0 Å². The Balaban J connectivity index is 1.69. The van der Waals surface area contributed by atoms with Crippen molar-refractivity contribution in [2.45, 2.75) is 43.9 Å². The van der Waals surface area contributed by atoms with Crippen LogP contribution in [0.15, 0.2) is 53.4 Å². The third-order valence-electron chi connectivity index (χ3n) is 6.27. The van der Waals surface area contributed by atoms with Crippen LogP contribution in [0.4, 0.5) is 11.4 Å². The molecule has 0 aliphatic carbocycles. The Morgan fingerprint density at radius 1 is 1.03 bits per heavy atom. The summed E-state index contributed by atoms with van der Waals surface area (Å²) in [6.45, 7) is 3.22. The molecule has 10 heteroatoms. The van der Waals surface area contributed by atoms with E-state index in [-0.39, 0.29) is 16.1 Å². The number of carbonyl (C=O) groups excluding carboxylic acids is 1. The van der Waals surface area contributed by atoms with Crippen molar-refractivity contribution in [2.75, 3.05) is 36.0 Å². The van der Waals surface area contributed by atoms with Crippen LogP contribution in [-0.4, -0.2) is 53.4 Å². The second-order valence-electron chi connectivity index (χ2n) is 8.72. The molecule has 0 aromatic heterocycles. The fourth-order valence-electron chi connectivity index (χ4n) is 4.11. The van der Waals surface area contributed by atoms with Gasteiger partial charge in [0.1, 0.15) is 0 Å². The molecule has 186 valence electrons. The molecule has 1 saturated heterocycles. The highest BCUT2D eigenvalue weighted by molar-refractivity contribution is 7.92. The number of rotatable bonds is 9. The van der Waals surface area contributed by atoms with Gasteiger partial charge >= 0.3 is 0 Å². The van der Waals surface area contributed by atoms with Gasteiger partial charge in [0, 0.05) is 25.8 Å². The van der Waals surface area contributed by atoms with E-state index in [2.05, 4.69) is 12.2 Å². The minimum Gasteiger partial charge on any atom is -0.322 e. The van der Waals surface area contributed by atoms with E-state index in [4.69, 9.17) is 0 Å². The molecule has 0 atom stereocenters. The quantitative estimate of drug-likeness (QED) is 0.554. The zero-order chi connectivity index (χ0) is 24.9. The molecule has 1 aliphatic rings. The van der Waals surface area contributed by atoms with E-state index >= 15 is 0 Å². The molecule has 2 aromatic carbocycles. The smallest absolute Gasteiger partial charge is 0.257 e. The number of piperidine rings is 1. The first-order valence-electron chi connectivity index (χ1n) is 11.5. The van der Waals surface area contributed by atoms with Gasteiger partial charge < -0.3 is 5.32 Å². The van der Waals surface area contributed by atoms with Gasteiger partial charge in [-0.3, -0.25) is 9.10 Å². The summed E-state index contributed by atoms with van der Waals surface area (Å²) in [5, 5.41) is 2.72. The fourth-order valence-corrected chi connectivity index (χ4v) is 6.09. The second kappa shape index (κ2) is 10.9. The van der Waals surface area contributed by atoms with Crippen molar-refractivity contribution in [1.82, 2.24) is 4.31 Å². The van der Waals surface area contributed by atoms with Crippen molar-refractivity contribution in [1.29, 1.82) is 0 Å². The molecule has 0 bridgehead atoms. The molecule has 1 N–H and O–H groups in total. The van der Waals surface area contributed by atoms with Crippen LogP contribution >= 0.6 is 0 Å². The Bertz CT molecular complexity index is 1200. The molecule has 0 unspecified atom stereocenters. The zero-order valence-corrected chi connectivity index (χ0v) is 21.5. The topological polar surface area (TPSA) is 104 Å². The van der Waals surface area contributed by atoms with Crippen molar-refractivity contribution in [3.63, 3.8) is 0 Å². The molecule has 2 aromatic rings. The molecule has 3 rings (SSSR count). The van der Waals surface area contributed by atoms with Gasteiger partial charge in [0.2, 0.25) is 20.0 Å². The van der Waals surface area contributed by atoms with E-state index in [1.807, 2.05) is 0 Å². The summed E-state index contributed by atoms with van der Waals surface area (Å²) < 4.78 is 52.5. The number of sulfonamides is 2. The van der Waals surface area contributed by atoms with Crippen LogP contribution in [0.25, 0.3) is 0 Å². The number of nitrogens with zero attached hydrogens (tertiary/aromatic N) is 2. The molecule has 1 aliphatic heterocycles. The number of para-hydroxylation sites is 1. The number of hydrogen-bond donors (Lipinski definition) is 1. The maximum absolute atomic E-state index is 13.1. The van der Waals surface area contributed by atoms with E-state index in [1.54, 1.807) is 34.6 Å². The van der Waals surface area contributed by atoms with Crippen LogP contribution in [0.5, 0.6) is 0 Å². The Morgan fingerprint density at radius 3 is 2.24 bits per heavy atom. The maximum atomic E-state index is 13.1. The summed E-state index contributed by atoms with van der Waals surface area (Å²) in [7, 11) is -5.75. The summed E-state index contributed by atoms with van der Waals surface area (Å²) in [4.78, 5) is 13.0. The first-order valence-corrected chi connectivity index (χ1v) is 14.8. The van der Waals surface area contributed by atoms with E-state index in [1.165, 1.54) is 31.7 Å². The summed E-state index contributed by atoms with van der Waals surface area (Å²) >= 11 is 0. The lowest BCUT2D eigenvalue weighted by molar-refractivity contribution is 0.102. The number of carbonyl (C=O) groups is 1. The van der Waals surface area contributed by atoms with Crippen molar-refractivity contribution >= 4 is 37.3 Å². The van der Waals surface area contributed by atoms with Crippen LogP contribution in [-0.2, 0) is 20.0 Å². The standard InChI is InChI=1S/C24H33N3O5S2/c1-4-5-8-19-15-17-27(18-16-19)34(31,32)21-13-11-20(12-14-21)25-24(28)22-9-6-7-10-23(22)26(2)33(3,29)30/h6-7,9-14,19H,4-5,8,15-18H2,1-3H3,(H,25,28). The van der Waals surface area contributed by atoms with Crippen molar-refractivity contribution in [3.05, 3.63) is 54.1 Å². The Kier molecular flexibility index (Phi) is 8.38. The van der Waals surface area contributed by atoms with E-state index in [9.17, 15) is 21.6 Å². The van der Waals surface area contributed by atoms with E-state index < -0.39 is 26.0 Å². The highest BCUT2D eigenvalue weighted by atomic mass is 32.2. The van der Waals surface area contributed by atoms with Crippen molar-refractivity contribution < 1.29 is 21.6 Å². The number of hydrogen-bond acceptors (Lipinski definition) is 5. The zero-order valence-electron chi connectivity index (χ0n) is 19.9. The molecule has 34 heavy (non-hydrogen) atoms. The van der Waals surface area contributed by atoms with Crippen LogP contribution in [0.3, 0.4) is 0 Å². The highest BCUT2D eigenvalue weighted by Crippen LogP contribution is 2.28. The molecule has 1 heterocycles.